The van der Waals surface area contributed by atoms with Gasteiger partial charge in [-0.25, -0.2) is 0 Å². The van der Waals surface area contributed by atoms with E-state index in [1.807, 2.05) is 30.3 Å². The number of nitro groups is 1. The number of nitrogens with one attached hydrogen (secondary N) is 1. The normalized spacial score (nSPS) is 10.0. The molecule has 1 amide bonds. The minimum Gasteiger partial charge on any atom is -0.493 e. The Morgan fingerprint density at radius 2 is 1.87 bits per heavy atom. The van der Waals surface area contributed by atoms with Crippen LogP contribution >= 0.6 is 0 Å². The van der Waals surface area contributed by atoms with Gasteiger partial charge in [-0.05, 0) is 5.56 Å². The van der Waals surface area contributed by atoms with Crippen molar-refractivity contribution in [3.05, 3.63) is 63.7 Å². The van der Waals surface area contributed by atoms with Crippen molar-refractivity contribution >= 4 is 11.6 Å². The zero-order valence-electron chi connectivity index (χ0n) is 12.7. The summed E-state index contributed by atoms with van der Waals surface area (Å²) >= 11 is 0. The Morgan fingerprint density at radius 1 is 1.17 bits per heavy atom. The Hall–Kier alpha value is -3.09. The van der Waals surface area contributed by atoms with Gasteiger partial charge in [0.05, 0.1) is 30.8 Å². The Labute approximate surface area is 133 Å². The van der Waals surface area contributed by atoms with Crippen LogP contribution in [0.2, 0.25) is 0 Å². The van der Waals surface area contributed by atoms with E-state index in [0.717, 1.165) is 5.56 Å². The first-order chi connectivity index (χ1) is 11.1. The lowest BCUT2D eigenvalue weighted by molar-refractivity contribution is -0.385. The van der Waals surface area contributed by atoms with Gasteiger partial charge in [0.25, 0.3) is 11.6 Å². The lowest BCUT2D eigenvalue weighted by atomic mass is 10.1. The maximum Gasteiger partial charge on any atom is 0.274 e. The number of carbonyl (C=O) groups excluding carboxylic acids is 1. The largest absolute Gasteiger partial charge is 0.493 e. The summed E-state index contributed by atoms with van der Waals surface area (Å²) in [5.41, 5.74) is 0.721. The summed E-state index contributed by atoms with van der Waals surface area (Å²) in [5, 5.41) is 13.7. The fourth-order valence-electron chi connectivity index (χ4n) is 2.10. The number of benzene rings is 2. The van der Waals surface area contributed by atoms with E-state index in [-0.39, 0.29) is 22.7 Å². The molecule has 1 N–H and O–H groups in total. The second-order valence-corrected chi connectivity index (χ2v) is 4.65. The third kappa shape index (κ3) is 3.76. The SMILES string of the molecule is COc1cc([N+](=O)[O-])cc(C(=O)NCc2ccccc2)c1OC. The van der Waals surface area contributed by atoms with Crippen LogP contribution in [-0.2, 0) is 6.54 Å². The van der Waals surface area contributed by atoms with Crippen LogP contribution in [0.4, 0.5) is 5.69 Å². The number of nitro benzene ring substituents is 1. The monoisotopic (exact) mass is 316 g/mol. The maximum absolute atomic E-state index is 12.4. The van der Waals surface area contributed by atoms with Crippen LogP contribution in [0.25, 0.3) is 0 Å². The van der Waals surface area contributed by atoms with Crippen molar-refractivity contribution in [2.24, 2.45) is 0 Å². The molecule has 0 saturated heterocycles. The van der Waals surface area contributed by atoms with Crippen LogP contribution in [0.5, 0.6) is 11.5 Å². The number of hydrogen-bond acceptors (Lipinski definition) is 5. The molecule has 0 spiro atoms. The molecule has 0 atom stereocenters. The lowest BCUT2D eigenvalue weighted by Crippen LogP contribution is -2.23. The van der Waals surface area contributed by atoms with Gasteiger partial charge in [0, 0.05) is 12.6 Å². The highest BCUT2D eigenvalue weighted by molar-refractivity contribution is 5.98. The maximum atomic E-state index is 12.4. The van der Waals surface area contributed by atoms with E-state index >= 15 is 0 Å². The van der Waals surface area contributed by atoms with Gasteiger partial charge in [0.2, 0.25) is 0 Å². The second-order valence-electron chi connectivity index (χ2n) is 4.65. The van der Waals surface area contributed by atoms with E-state index in [1.165, 1.54) is 26.4 Å². The quantitative estimate of drug-likeness (QED) is 0.653. The Morgan fingerprint density at radius 3 is 2.43 bits per heavy atom. The molecule has 7 heteroatoms. The first-order valence-corrected chi connectivity index (χ1v) is 6.79. The number of ether oxygens (including phenoxy) is 2. The zero-order chi connectivity index (χ0) is 16.8. The van der Waals surface area contributed by atoms with Gasteiger partial charge < -0.3 is 14.8 Å². The van der Waals surface area contributed by atoms with Crippen molar-refractivity contribution in [1.82, 2.24) is 5.32 Å². The highest BCUT2D eigenvalue weighted by Crippen LogP contribution is 2.35. The van der Waals surface area contributed by atoms with Crippen molar-refractivity contribution in [1.29, 1.82) is 0 Å². The summed E-state index contributed by atoms with van der Waals surface area (Å²) in [5.74, 6) is -0.192. The smallest absolute Gasteiger partial charge is 0.274 e. The molecule has 0 aromatic heterocycles. The van der Waals surface area contributed by atoms with E-state index < -0.39 is 10.8 Å². The molecule has 0 aliphatic heterocycles. The minimum atomic E-state index is -0.587. The summed E-state index contributed by atoms with van der Waals surface area (Å²) < 4.78 is 10.2. The second kappa shape index (κ2) is 7.26. The van der Waals surface area contributed by atoms with Crippen LogP contribution in [0.15, 0.2) is 42.5 Å². The van der Waals surface area contributed by atoms with Gasteiger partial charge >= 0.3 is 0 Å². The molecule has 0 aliphatic rings. The highest BCUT2D eigenvalue weighted by atomic mass is 16.6. The van der Waals surface area contributed by atoms with E-state index in [1.54, 1.807) is 0 Å². The number of nitrogens with zero attached hydrogens (tertiary/aromatic N) is 1. The van der Waals surface area contributed by atoms with Gasteiger partial charge in [-0.3, -0.25) is 14.9 Å². The van der Waals surface area contributed by atoms with Crippen molar-refractivity contribution in [3.8, 4) is 11.5 Å². The van der Waals surface area contributed by atoms with Crippen molar-refractivity contribution in [3.63, 3.8) is 0 Å². The molecule has 23 heavy (non-hydrogen) atoms. The van der Waals surface area contributed by atoms with E-state index in [9.17, 15) is 14.9 Å². The van der Waals surface area contributed by atoms with Gasteiger partial charge in [0.15, 0.2) is 11.5 Å². The number of hydrogen-bond donors (Lipinski definition) is 1. The molecular formula is C16H16N2O5. The van der Waals surface area contributed by atoms with Crippen LogP contribution in [0, 0.1) is 10.1 Å². The molecular weight excluding hydrogens is 300 g/mol. The molecule has 0 fully saturated rings. The number of carbonyl (C=O) groups is 1. The third-order valence-corrected chi connectivity index (χ3v) is 3.21. The number of methoxy groups -OCH3 is 2. The molecule has 0 unspecified atom stereocenters. The van der Waals surface area contributed by atoms with Gasteiger partial charge in [-0.2, -0.15) is 0 Å². The van der Waals surface area contributed by atoms with Crippen molar-refractivity contribution < 1.29 is 19.2 Å². The fourth-order valence-corrected chi connectivity index (χ4v) is 2.10. The summed E-state index contributed by atoms with van der Waals surface area (Å²) in [7, 11) is 2.73. The molecule has 0 saturated carbocycles. The molecule has 0 bridgehead atoms. The fraction of sp³-hybridized carbons (Fsp3) is 0.188. The van der Waals surface area contributed by atoms with E-state index in [4.69, 9.17) is 9.47 Å². The zero-order valence-corrected chi connectivity index (χ0v) is 12.7. The van der Waals surface area contributed by atoms with Crippen molar-refractivity contribution in [2.75, 3.05) is 14.2 Å². The summed E-state index contributed by atoms with van der Waals surface area (Å²) in [6.07, 6.45) is 0. The molecule has 2 aromatic rings. The molecule has 7 nitrogen and oxygen atoms in total. The Kier molecular flexibility index (Phi) is 5.14. The average Bonchev–Trinajstić information content (AvgIpc) is 2.59. The molecule has 2 aromatic carbocycles. The number of amides is 1. The Bertz CT molecular complexity index is 716. The molecule has 0 aliphatic carbocycles. The average molecular weight is 316 g/mol. The Balaban J connectivity index is 2.30. The number of non-ortho nitro benzene ring substituents is 1. The predicted molar refractivity (Wildman–Crippen MR) is 83.8 cm³/mol. The topological polar surface area (TPSA) is 90.7 Å². The standard InChI is InChI=1S/C16H16N2O5/c1-22-14-9-12(18(20)21)8-13(15(14)23-2)16(19)17-10-11-6-4-3-5-7-11/h3-9H,10H2,1-2H3,(H,17,19). The van der Waals surface area contributed by atoms with Crippen LogP contribution in [0.3, 0.4) is 0 Å². The van der Waals surface area contributed by atoms with E-state index in [0.29, 0.717) is 6.54 Å². The highest BCUT2D eigenvalue weighted by Gasteiger charge is 2.22. The van der Waals surface area contributed by atoms with Crippen LogP contribution < -0.4 is 14.8 Å². The van der Waals surface area contributed by atoms with Gasteiger partial charge in [0.1, 0.15) is 0 Å². The predicted octanol–water partition coefficient (Wildman–Crippen LogP) is 2.54. The molecule has 0 radical (unpaired) electrons. The first kappa shape index (κ1) is 16.3. The van der Waals surface area contributed by atoms with Gasteiger partial charge in [-0.15, -0.1) is 0 Å². The van der Waals surface area contributed by atoms with E-state index in [2.05, 4.69) is 5.32 Å². The minimum absolute atomic E-state index is 0.0504. The molecule has 120 valence electrons. The third-order valence-electron chi connectivity index (χ3n) is 3.21. The number of rotatable bonds is 6. The van der Waals surface area contributed by atoms with Crippen LogP contribution in [-0.4, -0.2) is 25.1 Å². The summed E-state index contributed by atoms with van der Waals surface area (Å²) in [6.45, 7) is 0.299. The van der Waals surface area contributed by atoms with Crippen molar-refractivity contribution in [2.45, 2.75) is 6.54 Å². The van der Waals surface area contributed by atoms with Crippen LogP contribution in [0.1, 0.15) is 15.9 Å². The molecule has 2 rings (SSSR count). The van der Waals surface area contributed by atoms with Gasteiger partial charge in [-0.1, -0.05) is 30.3 Å². The molecule has 0 heterocycles. The summed E-state index contributed by atoms with van der Waals surface area (Å²) in [4.78, 5) is 22.8. The lowest BCUT2D eigenvalue weighted by Gasteiger charge is -2.13. The first-order valence-electron chi connectivity index (χ1n) is 6.79. The summed E-state index contributed by atoms with van der Waals surface area (Å²) in [6, 6.07) is 11.7.